The highest BCUT2D eigenvalue weighted by atomic mass is 16.5. The molecule has 1 aromatic carbocycles. The molecule has 0 bridgehead atoms. The van der Waals surface area contributed by atoms with Crippen LogP contribution in [0.2, 0.25) is 0 Å². The number of aryl methyl sites for hydroxylation is 1. The second-order valence-corrected chi connectivity index (χ2v) is 6.33. The van der Waals surface area contributed by atoms with Crippen molar-refractivity contribution in [2.45, 2.75) is 45.1 Å². The van der Waals surface area contributed by atoms with Crippen LogP contribution in [0.5, 0.6) is 5.75 Å². The van der Waals surface area contributed by atoms with Gasteiger partial charge in [-0.15, -0.1) is 0 Å². The van der Waals surface area contributed by atoms with Crippen molar-refractivity contribution in [2.75, 3.05) is 13.2 Å². The zero-order valence-corrected chi connectivity index (χ0v) is 14.2. The Kier molecular flexibility index (Phi) is 5.51. The van der Waals surface area contributed by atoms with Crippen molar-refractivity contribution in [1.82, 2.24) is 14.9 Å². The number of nitrogens with one attached hydrogen (secondary N) is 1. The van der Waals surface area contributed by atoms with Gasteiger partial charge < -0.3 is 14.6 Å². The van der Waals surface area contributed by atoms with E-state index in [4.69, 9.17) is 4.74 Å². The van der Waals surface area contributed by atoms with Gasteiger partial charge in [0.25, 0.3) is 5.91 Å². The number of hydrogen-bond acceptors (Lipinski definition) is 3. The lowest BCUT2D eigenvalue weighted by Crippen LogP contribution is -2.31. The zero-order chi connectivity index (χ0) is 16.8. The Morgan fingerprint density at radius 2 is 2.04 bits per heavy atom. The number of imidazole rings is 1. The first-order valence-electron chi connectivity index (χ1n) is 8.71. The largest absolute Gasteiger partial charge is 0.484 e. The quantitative estimate of drug-likeness (QED) is 0.850. The second-order valence-electron chi connectivity index (χ2n) is 6.33. The monoisotopic (exact) mass is 327 g/mol. The smallest absolute Gasteiger partial charge is 0.257 e. The molecule has 1 heterocycles. The van der Waals surface area contributed by atoms with E-state index in [0.717, 1.165) is 12.2 Å². The number of aromatic nitrogens is 2. The molecule has 1 amide bonds. The average molecular weight is 327 g/mol. The highest BCUT2D eigenvalue weighted by molar-refractivity contribution is 5.77. The minimum absolute atomic E-state index is 0.0418. The summed E-state index contributed by atoms with van der Waals surface area (Å²) in [5.74, 6) is 1.68. The van der Waals surface area contributed by atoms with Gasteiger partial charge in [-0.05, 0) is 31.9 Å². The molecule has 5 heteroatoms. The molecule has 1 fully saturated rings. The third kappa shape index (κ3) is 4.16. The zero-order valence-electron chi connectivity index (χ0n) is 14.2. The van der Waals surface area contributed by atoms with E-state index < -0.39 is 0 Å². The molecule has 3 rings (SSSR count). The van der Waals surface area contributed by atoms with Gasteiger partial charge >= 0.3 is 0 Å². The average Bonchev–Trinajstić information content (AvgIpc) is 3.23. The standard InChI is InChI=1S/C19H25N3O2/c1-15-13-21-18(22(15)16-7-5-6-8-16)11-12-20-19(23)14-24-17-9-3-2-4-10-17/h2-4,9-10,13,16H,5-8,11-12,14H2,1H3,(H,20,23). The van der Waals surface area contributed by atoms with E-state index in [-0.39, 0.29) is 12.5 Å². The number of ether oxygens (including phenoxy) is 1. The fourth-order valence-corrected chi connectivity index (χ4v) is 3.37. The molecule has 24 heavy (non-hydrogen) atoms. The fraction of sp³-hybridized carbons (Fsp3) is 0.474. The van der Waals surface area contributed by atoms with Gasteiger partial charge in [-0.2, -0.15) is 0 Å². The molecule has 0 radical (unpaired) electrons. The third-order valence-corrected chi connectivity index (χ3v) is 4.53. The maximum atomic E-state index is 11.9. The minimum Gasteiger partial charge on any atom is -0.484 e. The van der Waals surface area contributed by atoms with Crippen LogP contribution in [0.15, 0.2) is 36.5 Å². The van der Waals surface area contributed by atoms with Crippen LogP contribution >= 0.6 is 0 Å². The molecule has 0 spiro atoms. The van der Waals surface area contributed by atoms with Gasteiger partial charge in [0.05, 0.1) is 0 Å². The molecule has 0 unspecified atom stereocenters. The van der Waals surface area contributed by atoms with E-state index in [1.54, 1.807) is 0 Å². The number of hydrogen-bond donors (Lipinski definition) is 1. The second kappa shape index (κ2) is 7.99. The molecule has 1 aromatic heterocycles. The Morgan fingerprint density at radius 1 is 1.29 bits per heavy atom. The molecule has 1 aliphatic carbocycles. The molecule has 0 atom stereocenters. The number of amides is 1. The summed E-state index contributed by atoms with van der Waals surface area (Å²) >= 11 is 0. The van der Waals surface area contributed by atoms with Crippen LogP contribution in [0.3, 0.4) is 0 Å². The summed E-state index contributed by atoms with van der Waals surface area (Å²) in [5.41, 5.74) is 1.22. The molecular weight excluding hydrogens is 302 g/mol. The van der Waals surface area contributed by atoms with Crippen molar-refractivity contribution in [3.8, 4) is 5.75 Å². The first kappa shape index (κ1) is 16.6. The van der Waals surface area contributed by atoms with E-state index in [9.17, 15) is 4.79 Å². The summed E-state index contributed by atoms with van der Waals surface area (Å²) < 4.78 is 7.81. The predicted octanol–water partition coefficient (Wildman–Crippen LogP) is 3.04. The Morgan fingerprint density at radius 3 is 2.79 bits per heavy atom. The van der Waals surface area contributed by atoms with Gasteiger partial charge in [0.15, 0.2) is 6.61 Å². The highest BCUT2D eigenvalue weighted by Crippen LogP contribution is 2.31. The molecular formula is C19H25N3O2. The normalized spacial score (nSPS) is 14.7. The van der Waals surface area contributed by atoms with Gasteiger partial charge in [0.1, 0.15) is 11.6 Å². The fourth-order valence-electron chi connectivity index (χ4n) is 3.37. The number of carbonyl (C=O) groups is 1. The Balaban J connectivity index is 1.45. The van der Waals surface area contributed by atoms with Crippen LogP contribution < -0.4 is 10.1 Å². The first-order chi connectivity index (χ1) is 11.7. The summed E-state index contributed by atoms with van der Waals surface area (Å²) in [7, 11) is 0. The molecule has 5 nitrogen and oxygen atoms in total. The van der Waals surface area contributed by atoms with Gasteiger partial charge in [-0.1, -0.05) is 31.0 Å². The van der Waals surface area contributed by atoms with E-state index in [1.165, 1.54) is 31.4 Å². The summed E-state index contributed by atoms with van der Waals surface area (Å²) in [5, 5.41) is 2.91. The lowest BCUT2D eigenvalue weighted by molar-refractivity contribution is -0.123. The van der Waals surface area contributed by atoms with Crippen molar-refractivity contribution >= 4 is 5.91 Å². The number of carbonyl (C=O) groups excluding carboxylic acids is 1. The Hall–Kier alpha value is -2.30. The summed E-state index contributed by atoms with van der Waals surface area (Å²) in [6.45, 7) is 2.74. The molecule has 1 aliphatic rings. The maximum Gasteiger partial charge on any atom is 0.257 e. The Bertz CT molecular complexity index is 661. The number of para-hydroxylation sites is 1. The van der Waals surface area contributed by atoms with Gasteiger partial charge in [-0.25, -0.2) is 4.98 Å². The summed E-state index contributed by atoms with van der Waals surface area (Å²) in [4.78, 5) is 16.4. The predicted molar refractivity (Wildman–Crippen MR) is 93.1 cm³/mol. The number of rotatable bonds is 7. The Labute approximate surface area is 143 Å². The number of benzene rings is 1. The van der Waals surface area contributed by atoms with Crippen LogP contribution in [0.25, 0.3) is 0 Å². The maximum absolute atomic E-state index is 11.9. The van der Waals surface area contributed by atoms with E-state index in [0.29, 0.717) is 18.3 Å². The molecule has 0 saturated heterocycles. The van der Waals surface area contributed by atoms with Gasteiger partial charge in [0, 0.05) is 30.9 Å². The van der Waals surface area contributed by atoms with E-state index in [2.05, 4.69) is 21.8 Å². The van der Waals surface area contributed by atoms with Crippen LogP contribution in [0.4, 0.5) is 0 Å². The van der Waals surface area contributed by atoms with Crippen LogP contribution in [0, 0.1) is 6.92 Å². The summed E-state index contributed by atoms with van der Waals surface area (Å²) in [6.07, 6.45) is 7.77. The van der Waals surface area contributed by atoms with E-state index in [1.807, 2.05) is 36.5 Å². The lowest BCUT2D eigenvalue weighted by Gasteiger charge is -2.17. The van der Waals surface area contributed by atoms with Crippen LogP contribution in [-0.2, 0) is 11.2 Å². The van der Waals surface area contributed by atoms with Crippen molar-refractivity contribution in [3.63, 3.8) is 0 Å². The SMILES string of the molecule is Cc1cnc(CCNC(=O)COc2ccccc2)n1C1CCCC1. The van der Waals surface area contributed by atoms with Crippen LogP contribution in [0.1, 0.15) is 43.2 Å². The minimum atomic E-state index is -0.102. The van der Waals surface area contributed by atoms with Crippen molar-refractivity contribution in [1.29, 1.82) is 0 Å². The topological polar surface area (TPSA) is 56.1 Å². The van der Waals surface area contributed by atoms with Crippen LogP contribution in [-0.4, -0.2) is 28.6 Å². The lowest BCUT2D eigenvalue weighted by atomic mass is 10.2. The molecule has 1 N–H and O–H groups in total. The van der Waals surface area contributed by atoms with Crippen molar-refractivity contribution in [2.24, 2.45) is 0 Å². The number of nitrogens with zero attached hydrogens (tertiary/aromatic N) is 2. The molecule has 1 saturated carbocycles. The van der Waals surface area contributed by atoms with Gasteiger partial charge in [-0.3, -0.25) is 4.79 Å². The third-order valence-electron chi connectivity index (χ3n) is 4.53. The molecule has 0 aliphatic heterocycles. The van der Waals surface area contributed by atoms with Crippen molar-refractivity contribution in [3.05, 3.63) is 48.0 Å². The first-order valence-corrected chi connectivity index (χ1v) is 8.71. The summed E-state index contributed by atoms with van der Waals surface area (Å²) in [6, 6.07) is 9.96. The van der Waals surface area contributed by atoms with E-state index >= 15 is 0 Å². The highest BCUT2D eigenvalue weighted by Gasteiger charge is 2.21. The molecule has 128 valence electrons. The molecule has 2 aromatic rings. The van der Waals surface area contributed by atoms with Gasteiger partial charge in [0.2, 0.25) is 0 Å². The van der Waals surface area contributed by atoms with Crippen molar-refractivity contribution < 1.29 is 9.53 Å².